The Hall–Kier alpha value is -0.730. The van der Waals surface area contributed by atoms with E-state index in [4.69, 9.17) is 34.8 Å². The zero-order valence-corrected chi connectivity index (χ0v) is 13.4. The summed E-state index contributed by atoms with van der Waals surface area (Å²) in [5.41, 5.74) is 2.23. The van der Waals surface area contributed by atoms with Gasteiger partial charge in [-0.1, -0.05) is 66.0 Å². The van der Waals surface area contributed by atoms with E-state index >= 15 is 0 Å². The number of hydrogen-bond donors (Lipinski definition) is 1. The molecule has 0 aliphatic carbocycles. The summed E-state index contributed by atoms with van der Waals surface area (Å²) in [5.74, 6) is 0. The molecule has 1 nitrogen and oxygen atoms in total. The van der Waals surface area contributed by atoms with E-state index in [2.05, 4.69) is 12.2 Å². The van der Waals surface area contributed by atoms with Crippen LogP contribution >= 0.6 is 34.8 Å². The predicted molar refractivity (Wildman–Crippen MR) is 88.0 cm³/mol. The first-order valence-electron chi connectivity index (χ1n) is 6.53. The lowest BCUT2D eigenvalue weighted by molar-refractivity contribution is 0.550. The Bertz CT molecular complexity index is 584. The molecule has 20 heavy (non-hydrogen) atoms. The van der Waals surface area contributed by atoms with E-state index in [9.17, 15) is 0 Å². The SMILES string of the molecule is CCNC(Cc1ccccc1Cl)c1ccc(Cl)c(Cl)c1. The van der Waals surface area contributed by atoms with Crippen molar-refractivity contribution in [3.63, 3.8) is 0 Å². The zero-order valence-electron chi connectivity index (χ0n) is 11.2. The molecule has 106 valence electrons. The first kappa shape index (κ1) is 15.7. The quantitative estimate of drug-likeness (QED) is 0.760. The summed E-state index contributed by atoms with van der Waals surface area (Å²) in [6, 6.07) is 13.8. The van der Waals surface area contributed by atoms with Gasteiger partial charge in [-0.15, -0.1) is 0 Å². The average Bonchev–Trinajstić information content (AvgIpc) is 2.44. The maximum absolute atomic E-state index is 6.24. The molecule has 2 aromatic rings. The minimum atomic E-state index is 0.162. The van der Waals surface area contributed by atoms with Crippen molar-refractivity contribution in [2.45, 2.75) is 19.4 Å². The Kier molecular flexibility index (Phi) is 5.74. The highest BCUT2D eigenvalue weighted by Gasteiger charge is 2.14. The van der Waals surface area contributed by atoms with Crippen LogP contribution in [0.1, 0.15) is 24.1 Å². The molecular weight excluding hydrogens is 313 g/mol. The molecule has 0 saturated heterocycles. The standard InChI is InChI=1S/C16H16Cl3N/c1-2-20-16(10-11-5-3-4-6-13(11)17)12-7-8-14(18)15(19)9-12/h3-9,16,20H,2,10H2,1H3. The highest BCUT2D eigenvalue weighted by molar-refractivity contribution is 6.42. The third-order valence-corrected chi connectivity index (χ3v) is 4.29. The number of likely N-dealkylation sites (N-methyl/N-ethyl adjacent to an activating group) is 1. The van der Waals surface area contributed by atoms with E-state index in [1.165, 1.54) is 0 Å². The van der Waals surface area contributed by atoms with E-state index in [1.807, 2.05) is 42.5 Å². The van der Waals surface area contributed by atoms with E-state index < -0.39 is 0 Å². The molecule has 4 heteroatoms. The lowest BCUT2D eigenvalue weighted by Gasteiger charge is -2.19. The second-order valence-electron chi connectivity index (χ2n) is 4.58. The average molecular weight is 329 g/mol. The van der Waals surface area contributed by atoms with Gasteiger partial charge in [0.1, 0.15) is 0 Å². The molecule has 1 unspecified atom stereocenters. The van der Waals surface area contributed by atoms with E-state index in [-0.39, 0.29) is 6.04 Å². The smallest absolute Gasteiger partial charge is 0.0595 e. The molecule has 1 atom stereocenters. The van der Waals surface area contributed by atoms with Crippen molar-refractivity contribution in [1.29, 1.82) is 0 Å². The monoisotopic (exact) mass is 327 g/mol. The van der Waals surface area contributed by atoms with Crippen molar-refractivity contribution >= 4 is 34.8 Å². The van der Waals surface area contributed by atoms with Crippen LogP contribution in [-0.2, 0) is 6.42 Å². The Morgan fingerprint density at radius 2 is 1.70 bits per heavy atom. The third-order valence-electron chi connectivity index (χ3n) is 3.18. The second-order valence-corrected chi connectivity index (χ2v) is 5.80. The van der Waals surface area contributed by atoms with Gasteiger partial charge in [-0.25, -0.2) is 0 Å². The van der Waals surface area contributed by atoms with Crippen molar-refractivity contribution in [1.82, 2.24) is 5.32 Å². The molecule has 2 aromatic carbocycles. The number of rotatable bonds is 5. The molecule has 0 saturated carbocycles. The van der Waals surface area contributed by atoms with Crippen molar-refractivity contribution in [3.8, 4) is 0 Å². The summed E-state index contributed by atoms with van der Waals surface area (Å²) in [7, 11) is 0. The Balaban J connectivity index is 2.27. The minimum Gasteiger partial charge on any atom is -0.310 e. The van der Waals surface area contributed by atoms with Gasteiger partial charge in [0.05, 0.1) is 10.0 Å². The molecule has 0 spiro atoms. The van der Waals surface area contributed by atoms with E-state index in [0.29, 0.717) is 10.0 Å². The molecule has 2 rings (SSSR count). The van der Waals surface area contributed by atoms with Crippen LogP contribution in [0.4, 0.5) is 0 Å². The molecular formula is C16H16Cl3N. The molecule has 0 aromatic heterocycles. The molecule has 0 heterocycles. The topological polar surface area (TPSA) is 12.0 Å². The van der Waals surface area contributed by atoms with Gasteiger partial charge in [-0.05, 0) is 42.3 Å². The van der Waals surface area contributed by atoms with Crippen molar-refractivity contribution in [2.75, 3.05) is 6.54 Å². The van der Waals surface area contributed by atoms with Crippen molar-refractivity contribution < 1.29 is 0 Å². The first-order chi connectivity index (χ1) is 9.61. The summed E-state index contributed by atoms with van der Waals surface area (Å²) in [5, 5.41) is 5.40. The maximum Gasteiger partial charge on any atom is 0.0595 e. The Labute approximate surface area is 134 Å². The van der Waals surface area contributed by atoms with Gasteiger partial charge < -0.3 is 5.32 Å². The number of halogens is 3. The van der Waals surface area contributed by atoms with Crippen molar-refractivity contribution in [3.05, 3.63) is 68.7 Å². The largest absolute Gasteiger partial charge is 0.310 e. The van der Waals surface area contributed by atoms with Crippen LogP contribution in [0, 0.1) is 0 Å². The maximum atomic E-state index is 6.24. The summed E-state index contributed by atoms with van der Waals surface area (Å²) >= 11 is 18.3. The molecule has 0 amide bonds. The molecule has 0 fully saturated rings. The zero-order chi connectivity index (χ0) is 14.5. The van der Waals surface area contributed by atoms with Gasteiger partial charge in [0.15, 0.2) is 0 Å². The van der Waals surface area contributed by atoms with Gasteiger partial charge in [-0.2, -0.15) is 0 Å². The normalized spacial score (nSPS) is 12.4. The van der Waals surface area contributed by atoms with E-state index in [0.717, 1.165) is 29.1 Å². The third kappa shape index (κ3) is 3.89. The molecule has 1 N–H and O–H groups in total. The van der Waals surface area contributed by atoms with Gasteiger partial charge in [0.25, 0.3) is 0 Å². The highest BCUT2D eigenvalue weighted by Crippen LogP contribution is 2.28. The van der Waals surface area contributed by atoms with Gasteiger partial charge >= 0.3 is 0 Å². The predicted octanol–water partition coefficient (Wildman–Crippen LogP) is 5.54. The van der Waals surface area contributed by atoms with Crippen LogP contribution in [0.15, 0.2) is 42.5 Å². The van der Waals surface area contributed by atoms with Crippen LogP contribution < -0.4 is 5.32 Å². The lowest BCUT2D eigenvalue weighted by atomic mass is 9.99. The molecule has 0 bridgehead atoms. The van der Waals surface area contributed by atoms with Crippen LogP contribution in [0.25, 0.3) is 0 Å². The Morgan fingerprint density at radius 1 is 0.950 bits per heavy atom. The second kappa shape index (κ2) is 7.33. The van der Waals surface area contributed by atoms with Gasteiger partial charge in [-0.3, -0.25) is 0 Å². The lowest BCUT2D eigenvalue weighted by Crippen LogP contribution is -2.23. The van der Waals surface area contributed by atoms with Crippen molar-refractivity contribution in [2.24, 2.45) is 0 Å². The number of hydrogen-bond acceptors (Lipinski definition) is 1. The highest BCUT2D eigenvalue weighted by atomic mass is 35.5. The summed E-state index contributed by atoms with van der Waals surface area (Å²) in [6.07, 6.45) is 0.811. The minimum absolute atomic E-state index is 0.162. The fourth-order valence-corrected chi connectivity index (χ4v) is 2.69. The summed E-state index contributed by atoms with van der Waals surface area (Å²) < 4.78 is 0. The van der Waals surface area contributed by atoms with Crippen LogP contribution in [0.3, 0.4) is 0 Å². The summed E-state index contributed by atoms with van der Waals surface area (Å²) in [6.45, 7) is 2.95. The molecule has 0 aliphatic rings. The fourth-order valence-electron chi connectivity index (χ4n) is 2.17. The van der Waals surface area contributed by atoms with Crippen LogP contribution in [0.2, 0.25) is 15.1 Å². The van der Waals surface area contributed by atoms with Gasteiger partial charge in [0, 0.05) is 11.1 Å². The van der Waals surface area contributed by atoms with E-state index in [1.54, 1.807) is 0 Å². The fraction of sp³-hybridized carbons (Fsp3) is 0.250. The summed E-state index contributed by atoms with van der Waals surface area (Å²) in [4.78, 5) is 0. The van der Waals surface area contributed by atoms with Crippen LogP contribution in [-0.4, -0.2) is 6.54 Å². The molecule has 0 aliphatic heterocycles. The number of nitrogens with one attached hydrogen (secondary N) is 1. The first-order valence-corrected chi connectivity index (χ1v) is 7.67. The molecule has 0 radical (unpaired) electrons. The van der Waals surface area contributed by atoms with Crippen LogP contribution in [0.5, 0.6) is 0 Å². The number of benzene rings is 2. The van der Waals surface area contributed by atoms with Gasteiger partial charge in [0.2, 0.25) is 0 Å². The Morgan fingerprint density at radius 3 is 2.35 bits per heavy atom.